The molecule has 1 saturated carbocycles. The van der Waals surface area contributed by atoms with Gasteiger partial charge in [-0.25, -0.2) is 0 Å². The summed E-state index contributed by atoms with van der Waals surface area (Å²) in [5.74, 6) is 0.816. The van der Waals surface area contributed by atoms with Crippen molar-refractivity contribution in [2.75, 3.05) is 13.2 Å². The summed E-state index contributed by atoms with van der Waals surface area (Å²) in [6.45, 7) is 9.75. The summed E-state index contributed by atoms with van der Waals surface area (Å²) >= 11 is 0. The quantitative estimate of drug-likeness (QED) is 0.502. The van der Waals surface area contributed by atoms with Gasteiger partial charge in [0.25, 0.3) is 0 Å². The van der Waals surface area contributed by atoms with Crippen molar-refractivity contribution in [3.63, 3.8) is 0 Å². The summed E-state index contributed by atoms with van der Waals surface area (Å²) in [7, 11) is 0. The minimum absolute atomic E-state index is 0.816. The van der Waals surface area contributed by atoms with Gasteiger partial charge in [0, 0.05) is 17.8 Å². The van der Waals surface area contributed by atoms with Crippen LogP contribution < -0.4 is 5.32 Å². The molecule has 13 heavy (non-hydrogen) atoms. The molecule has 1 fully saturated rings. The summed E-state index contributed by atoms with van der Waals surface area (Å²) in [6, 6.07) is 0. The van der Waals surface area contributed by atoms with Crippen LogP contribution >= 0.6 is 0 Å². The van der Waals surface area contributed by atoms with E-state index < -0.39 is 0 Å². The monoisotopic (exact) mass is 181 g/mol. The Labute approximate surface area is 80.7 Å². The minimum atomic E-state index is 0.816. The molecular weight excluding hydrogens is 162 g/mol. The van der Waals surface area contributed by atoms with E-state index in [1.807, 2.05) is 13.2 Å². The van der Waals surface area contributed by atoms with E-state index in [1.54, 1.807) is 0 Å². The highest BCUT2D eigenvalue weighted by molar-refractivity contribution is 5.22. The third-order valence-electron chi connectivity index (χ3n) is 2.16. The van der Waals surface area contributed by atoms with Crippen LogP contribution in [0.4, 0.5) is 0 Å². The molecule has 0 atom stereocenters. The van der Waals surface area contributed by atoms with Crippen LogP contribution in [-0.2, 0) is 4.74 Å². The van der Waals surface area contributed by atoms with Gasteiger partial charge in [-0.15, -0.1) is 0 Å². The lowest BCUT2D eigenvalue weighted by molar-refractivity contribution is 0.232. The number of nitrogens with one attached hydrogen (secondary N) is 1. The molecule has 2 heteroatoms. The highest BCUT2D eigenvalue weighted by atomic mass is 16.5. The number of ether oxygens (including phenoxy) is 1. The normalized spacial score (nSPS) is 16.9. The molecule has 0 bridgehead atoms. The molecule has 1 rings (SSSR count). The zero-order valence-electron chi connectivity index (χ0n) is 8.60. The molecule has 74 valence electrons. The first-order valence-corrected chi connectivity index (χ1v) is 4.95. The van der Waals surface area contributed by atoms with Crippen LogP contribution in [0.25, 0.3) is 0 Å². The third kappa shape index (κ3) is 4.02. The predicted octanol–water partition coefficient (Wildman–Crippen LogP) is 2.44. The summed E-state index contributed by atoms with van der Waals surface area (Å²) in [5, 5.41) is 3.16. The minimum Gasteiger partial charge on any atom is -0.501 e. The molecule has 0 amide bonds. The maximum absolute atomic E-state index is 5.42. The number of likely N-dealkylation sites (N-methyl/N-ethyl adjacent to an activating group) is 1. The molecular formula is C11H19NO. The van der Waals surface area contributed by atoms with Crippen molar-refractivity contribution in [3.8, 4) is 0 Å². The molecule has 0 saturated heterocycles. The van der Waals surface area contributed by atoms with Gasteiger partial charge in [-0.05, 0) is 32.6 Å². The number of allylic oxidation sites excluding steroid dienone is 1. The van der Waals surface area contributed by atoms with Crippen molar-refractivity contribution >= 4 is 0 Å². The molecule has 1 N–H and O–H groups in total. The van der Waals surface area contributed by atoms with Crippen molar-refractivity contribution in [2.24, 2.45) is 5.92 Å². The van der Waals surface area contributed by atoms with Crippen molar-refractivity contribution in [3.05, 3.63) is 24.1 Å². The van der Waals surface area contributed by atoms with Gasteiger partial charge in [-0.2, -0.15) is 0 Å². The average molecular weight is 181 g/mol. The predicted molar refractivity (Wildman–Crippen MR) is 55.2 cm³/mol. The number of rotatable bonds is 6. The second-order valence-electron chi connectivity index (χ2n) is 3.59. The van der Waals surface area contributed by atoms with Gasteiger partial charge in [0.15, 0.2) is 0 Å². The van der Waals surface area contributed by atoms with E-state index in [1.165, 1.54) is 12.8 Å². The number of hydrogen-bond donors (Lipinski definition) is 1. The van der Waals surface area contributed by atoms with Crippen molar-refractivity contribution in [1.29, 1.82) is 0 Å². The van der Waals surface area contributed by atoms with Crippen LogP contribution in [0.5, 0.6) is 0 Å². The SMILES string of the molecule is C=C(NCC)/C(C)=C/OCC1CC1. The van der Waals surface area contributed by atoms with E-state index in [0.717, 1.165) is 30.3 Å². The lowest BCUT2D eigenvalue weighted by Gasteiger charge is -2.07. The van der Waals surface area contributed by atoms with Crippen LogP contribution in [0.2, 0.25) is 0 Å². The molecule has 2 nitrogen and oxygen atoms in total. The van der Waals surface area contributed by atoms with E-state index in [9.17, 15) is 0 Å². The molecule has 1 aliphatic carbocycles. The lowest BCUT2D eigenvalue weighted by atomic mass is 10.2. The van der Waals surface area contributed by atoms with Gasteiger partial charge in [0.05, 0.1) is 12.9 Å². The Kier molecular flexibility index (Phi) is 3.87. The van der Waals surface area contributed by atoms with Crippen LogP contribution in [-0.4, -0.2) is 13.2 Å². The van der Waals surface area contributed by atoms with Gasteiger partial charge in [-0.1, -0.05) is 6.58 Å². The zero-order valence-corrected chi connectivity index (χ0v) is 8.60. The first kappa shape index (κ1) is 10.2. The van der Waals surface area contributed by atoms with Gasteiger partial charge in [-0.3, -0.25) is 0 Å². The zero-order chi connectivity index (χ0) is 9.68. The Balaban J connectivity index is 2.18. The maximum Gasteiger partial charge on any atom is 0.0901 e. The first-order valence-electron chi connectivity index (χ1n) is 4.95. The fraction of sp³-hybridized carbons (Fsp3) is 0.636. The largest absolute Gasteiger partial charge is 0.501 e. The van der Waals surface area contributed by atoms with E-state index in [4.69, 9.17) is 4.74 Å². The summed E-state index contributed by atoms with van der Waals surface area (Å²) in [4.78, 5) is 0. The lowest BCUT2D eigenvalue weighted by Crippen LogP contribution is -2.11. The average Bonchev–Trinajstić information content (AvgIpc) is 2.88. The Morgan fingerprint density at radius 1 is 1.62 bits per heavy atom. The van der Waals surface area contributed by atoms with Crippen molar-refractivity contribution in [1.82, 2.24) is 5.32 Å². The summed E-state index contributed by atoms with van der Waals surface area (Å²) < 4.78 is 5.42. The Bertz CT molecular complexity index is 204. The highest BCUT2D eigenvalue weighted by Crippen LogP contribution is 2.28. The smallest absolute Gasteiger partial charge is 0.0901 e. The standard InChI is InChI=1S/C11H19NO/c1-4-12-10(3)9(2)7-13-8-11-5-6-11/h7,11-12H,3-6,8H2,1-2H3/b9-7+. The van der Waals surface area contributed by atoms with E-state index in [0.29, 0.717) is 0 Å². The molecule has 0 aromatic carbocycles. The van der Waals surface area contributed by atoms with Gasteiger partial charge >= 0.3 is 0 Å². The van der Waals surface area contributed by atoms with Crippen molar-refractivity contribution < 1.29 is 4.74 Å². The van der Waals surface area contributed by atoms with Crippen LogP contribution in [0.15, 0.2) is 24.1 Å². The first-order chi connectivity index (χ1) is 6.24. The molecule has 0 spiro atoms. The van der Waals surface area contributed by atoms with Gasteiger partial charge in [0.1, 0.15) is 0 Å². The topological polar surface area (TPSA) is 21.3 Å². The summed E-state index contributed by atoms with van der Waals surface area (Å²) in [5.41, 5.74) is 2.04. The Morgan fingerprint density at radius 3 is 2.85 bits per heavy atom. The van der Waals surface area contributed by atoms with Crippen LogP contribution in [0, 0.1) is 5.92 Å². The fourth-order valence-corrected chi connectivity index (χ4v) is 1.02. The van der Waals surface area contributed by atoms with Crippen LogP contribution in [0.1, 0.15) is 26.7 Å². The van der Waals surface area contributed by atoms with Gasteiger partial charge < -0.3 is 10.1 Å². The molecule has 1 aliphatic rings. The Hall–Kier alpha value is -0.920. The number of hydrogen-bond acceptors (Lipinski definition) is 2. The van der Waals surface area contributed by atoms with Crippen LogP contribution in [0.3, 0.4) is 0 Å². The molecule has 0 aliphatic heterocycles. The fourth-order valence-electron chi connectivity index (χ4n) is 1.02. The summed E-state index contributed by atoms with van der Waals surface area (Å²) in [6.07, 6.45) is 4.48. The molecule has 0 aromatic heterocycles. The van der Waals surface area contributed by atoms with E-state index in [2.05, 4.69) is 18.8 Å². The maximum atomic E-state index is 5.42. The van der Waals surface area contributed by atoms with Gasteiger partial charge in [0.2, 0.25) is 0 Å². The molecule has 0 radical (unpaired) electrons. The van der Waals surface area contributed by atoms with E-state index >= 15 is 0 Å². The molecule has 0 heterocycles. The molecule has 0 aromatic rings. The second-order valence-corrected chi connectivity index (χ2v) is 3.59. The highest BCUT2D eigenvalue weighted by Gasteiger charge is 2.21. The van der Waals surface area contributed by atoms with Crippen molar-refractivity contribution in [2.45, 2.75) is 26.7 Å². The van der Waals surface area contributed by atoms with E-state index in [-0.39, 0.29) is 0 Å². The third-order valence-corrected chi connectivity index (χ3v) is 2.16. The molecule has 0 unspecified atom stereocenters. The second kappa shape index (κ2) is 4.95. The Morgan fingerprint density at radius 2 is 2.31 bits per heavy atom.